The molecule has 3 nitrogen and oxygen atoms in total. The summed E-state index contributed by atoms with van der Waals surface area (Å²) >= 11 is 0. The lowest BCUT2D eigenvalue weighted by Crippen LogP contribution is -2.06. The van der Waals surface area contributed by atoms with Crippen molar-refractivity contribution in [3.63, 3.8) is 0 Å². The lowest BCUT2D eigenvalue weighted by Gasteiger charge is -2.15. The lowest BCUT2D eigenvalue weighted by molar-refractivity contribution is 0.298. The van der Waals surface area contributed by atoms with Crippen molar-refractivity contribution in [1.82, 2.24) is 0 Å². The van der Waals surface area contributed by atoms with Gasteiger partial charge in [-0.25, -0.2) is 0 Å². The van der Waals surface area contributed by atoms with Gasteiger partial charge in [-0.2, -0.15) is 0 Å². The van der Waals surface area contributed by atoms with Crippen molar-refractivity contribution in [3.8, 4) is 11.5 Å². The zero-order valence-corrected chi connectivity index (χ0v) is 11.0. The quantitative estimate of drug-likeness (QED) is 0.865. The van der Waals surface area contributed by atoms with E-state index >= 15 is 0 Å². The van der Waals surface area contributed by atoms with E-state index in [1.807, 2.05) is 55.5 Å². The third-order valence-corrected chi connectivity index (χ3v) is 2.98. The summed E-state index contributed by atoms with van der Waals surface area (Å²) in [6.07, 6.45) is 0.580. The first-order chi connectivity index (χ1) is 9.22. The van der Waals surface area contributed by atoms with Crippen LogP contribution in [0.1, 0.15) is 24.1 Å². The molecule has 0 heterocycles. The van der Waals surface area contributed by atoms with E-state index in [1.54, 1.807) is 0 Å². The molecule has 0 fully saturated rings. The number of aliphatic hydroxyl groups excluding tert-OH is 1. The van der Waals surface area contributed by atoms with Gasteiger partial charge in [0.1, 0.15) is 11.5 Å². The highest BCUT2D eigenvalue weighted by atomic mass is 16.5. The number of hydrogen-bond donors (Lipinski definition) is 2. The number of aliphatic hydroxyl groups is 1. The number of hydrogen-bond acceptors (Lipinski definition) is 3. The summed E-state index contributed by atoms with van der Waals surface area (Å²) in [5, 5.41) is 9.08. The van der Waals surface area contributed by atoms with Crippen LogP contribution in [0.3, 0.4) is 0 Å². The van der Waals surface area contributed by atoms with Crippen LogP contribution in [0, 0.1) is 0 Å². The fraction of sp³-hybridized carbons (Fsp3) is 0.250. The third kappa shape index (κ3) is 3.34. The van der Waals surface area contributed by atoms with E-state index < -0.39 is 0 Å². The average molecular weight is 257 g/mol. The predicted octanol–water partition coefficient (Wildman–Crippen LogP) is 3.03. The summed E-state index contributed by atoms with van der Waals surface area (Å²) in [5.74, 6) is 1.53. The van der Waals surface area contributed by atoms with Gasteiger partial charge in [0.25, 0.3) is 0 Å². The molecule has 3 heteroatoms. The molecule has 2 aromatic rings. The summed E-state index contributed by atoms with van der Waals surface area (Å²) in [7, 11) is 0. The molecule has 0 bridgehead atoms. The Morgan fingerprint density at radius 3 is 2.37 bits per heavy atom. The Kier molecular flexibility index (Phi) is 4.55. The molecule has 2 aromatic carbocycles. The zero-order chi connectivity index (χ0) is 13.7. The molecule has 0 spiro atoms. The van der Waals surface area contributed by atoms with Crippen LogP contribution in [0.5, 0.6) is 11.5 Å². The number of benzene rings is 2. The lowest BCUT2D eigenvalue weighted by atomic mass is 10.1. The number of nitrogens with two attached hydrogens (primary N) is 1. The van der Waals surface area contributed by atoms with Gasteiger partial charge >= 0.3 is 0 Å². The minimum absolute atomic E-state index is 0.0822. The predicted molar refractivity (Wildman–Crippen MR) is 76.4 cm³/mol. The second kappa shape index (κ2) is 6.36. The van der Waals surface area contributed by atoms with Gasteiger partial charge in [-0.1, -0.05) is 36.4 Å². The molecule has 0 amide bonds. The molecule has 19 heavy (non-hydrogen) atoms. The van der Waals surface area contributed by atoms with E-state index in [-0.39, 0.29) is 12.6 Å². The fourth-order valence-corrected chi connectivity index (χ4v) is 2.00. The Morgan fingerprint density at radius 1 is 1.05 bits per heavy atom. The van der Waals surface area contributed by atoms with Gasteiger partial charge in [0, 0.05) is 18.2 Å². The Bertz CT molecular complexity index is 538. The zero-order valence-electron chi connectivity index (χ0n) is 11.0. The number of ether oxygens (including phenoxy) is 1. The first-order valence-electron chi connectivity index (χ1n) is 6.43. The van der Waals surface area contributed by atoms with E-state index in [1.165, 1.54) is 0 Å². The van der Waals surface area contributed by atoms with Crippen LogP contribution < -0.4 is 10.5 Å². The molecule has 0 aliphatic carbocycles. The fourth-order valence-electron chi connectivity index (χ4n) is 2.00. The molecule has 1 atom stereocenters. The van der Waals surface area contributed by atoms with Crippen LogP contribution in [0.25, 0.3) is 0 Å². The molecule has 0 aliphatic rings. The molecule has 0 unspecified atom stereocenters. The van der Waals surface area contributed by atoms with Gasteiger partial charge in [-0.05, 0) is 31.0 Å². The van der Waals surface area contributed by atoms with Gasteiger partial charge in [0.2, 0.25) is 0 Å². The van der Waals surface area contributed by atoms with Crippen LogP contribution in [-0.4, -0.2) is 11.7 Å². The van der Waals surface area contributed by atoms with Crippen LogP contribution in [0.4, 0.5) is 0 Å². The number of rotatable bonds is 5. The van der Waals surface area contributed by atoms with Crippen LogP contribution in [-0.2, 0) is 6.42 Å². The molecule has 3 N–H and O–H groups in total. The van der Waals surface area contributed by atoms with Crippen LogP contribution in [0.2, 0.25) is 0 Å². The molecule has 2 rings (SSSR count). The van der Waals surface area contributed by atoms with Crippen molar-refractivity contribution in [1.29, 1.82) is 0 Å². The summed E-state index contributed by atoms with van der Waals surface area (Å²) in [5.41, 5.74) is 7.91. The van der Waals surface area contributed by atoms with E-state index in [2.05, 4.69) is 0 Å². The van der Waals surface area contributed by atoms with E-state index in [4.69, 9.17) is 15.6 Å². The van der Waals surface area contributed by atoms with E-state index in [9.17, 15) is 0 Å². The van der Waals surface area contributed by atoms with Gasteiger partial charge in [-0.3, -0.25) is 0 Å². The summed E-state index contributed by atoms with van der Waals surface area (Å²) in [4.78, 5) is 0. The Balaban J connectivity index is 2.31. The van der Waals surface area contributed by atoms with Crippen molar-refractivity contribution in [2.24, 2.45) is 5.73 Å². The van der Waals surface area contributed by atoms with Gasteiger partial charge in [0.15, 0.2) is 0 Å². The summed E-state index contributed by atoms with van der Waals surface area (Å²) in [6.45, 7) is 2.04. The van der Waals surface area contributed by atoms with Gasteiger partial charge in [0.05, 0.1) is 0 Å². The standard InChI is InChI=1S/C16H19NO2/c1-12(17)14-7-3-5-9-16(14)19-15-8-4-2-6-13(15)10-11-18/h2-9,12,18H,10-11,17H2,1H3/t12-/m0/s1. The molecular weight excluding hydrogens is 238 g/mol. The molecule has 0 aliphatic heterocycles. The highest BCUT2D eigenvalue weighted by Gasteiger charge is 2.10. The Hall–Kier alpha value is -1.84. The maximum Gasteiger partial charge on any atom is 0.132 e. The van der Waals surface area contributed by atoms with Crippen molar-refractivity contribution in [2.45, 2.75) is 19.4 Å². The minimum Gasteiger partial charge on any atom is -0.457 e. The first-order valence-corrected chi connectivity index (χ1v) is 6.43. The van der Waals surface area contributed by atoms with Crippen LogP contribution >= 0.6 is 0 Å². The largest absolute Gasteiger partial charge is 0.457 e. The molecular formula is C16H19NO2. The second-order valence-corrected chi connectivity index (χ2v) is 4.51. The average Bonchev–Trinajstić information content (AvgIpc) is 2.42. The maximum absolute atomic E-state index is 9.08. The SMILES string of the molecule is C[C@H](N)c1ccccc1Oc1ccccc1CCO. The second-order valence-electron chi connectivity index (χ2n) is 4.51. The van der Waals surface area contributed by atoms with E-state index in [0.29, 0.717) is 6.42 Å². The smallest absolute Gasteiger partial charge is 0.132 e. The monoisotopic (exact) mass is 257 g/mol. The van der Waals surface area contributed by atoms with Crippen molar-refractivity contribution in [3.05, 3.63) is 59.7 Å². The van der Waals surface area contributed by atoms with E-state index in [0.717, 1.165) is 22.6 Å². The van der Waals surface area contributed by atoms with Crippen LogP contribution in [0.15, 0.2) is 48.5 Å². The maximum atomic E-state index is 9.08. The summed E-state index contributed by atoms with van der Waals surface area (Å²) < 4.78 is 5.96. The van der Waals surface area contributed by atoms with Crippen molar-refractivity contribution in [2.75, 3.05) is 6.61 Å². The Morgan fingerprint density at radius 2 is 1.68 bits per heavy atom. The van der Waals surface area contributed by atoms with Crippen molar-refractivity contribution < 1.29 is 9.84 Å². The number of para-hydroxylation sites is 2. The normalized spacial score (nSPS) is 12.2. The third-order valence-electron chi connectivity index (χ3n) is 2.98. The Labute approximate surface area is 113 Å². The molecule has 0 saturated carbocycles. The summed E-state index contributed by atoms with van der Waals surface area (Å²) in [6, 6.07) is 15.4. The highest BCUT2D eigenvalue weighted by Crippen LogP contribution is 2.30. The van der Waals surface area contributed by atoms with Gasteiger partial charge < -0.3 is 15.6 Å². The van der Waals surface area contributed by atoms with Gasteiger partial charge in [-0.15, -0.1) is 0 Å². The highest BCUT2D eigenvalue weighted by molar-refractivity contribution is 5.42. The molecule has 0 saturated heterocycles. The molecule has 0 radical (unpaired) electrons. The topological polar surface area (TPSA) is 55.5 Å². The minimum atomic E-state index is -0.0822. The van der Waals surface area contributed by atoms with Crippen molar-refractivity contribution >= 4 is 0 Å². The first kappa shape index (κ1) is 13.6. The molecule has 100 valence electrons. The molecule has 0 aromatic heterocycles.